The van der Waals surface area contributed by atoms with Crippen LogP contribution in [0.4, 0.5) is 0 Å². The number of thiophene rings is 1. The van der Waals surface area contributed by atoms with Gasteiger partial charge in [-0.25, -0.2) is 0 Å². The van der Waals surface area contributed by atoms with Gasteiger partial charge >= 0.3 is 0 Å². The first-order valence-electron chi connectivity index (χ1n) is 7.56. The molecule has 111 valence electrons. The molecule has 0 saturated carbocycles. The third kappa shape index (κ3) is 3.19. The number of hydrogen-bond donors (Lipinski definition) is 0. The molecule has 0 nitrogen and oxygen atoms in total. The lowest BCUT2D eigenvalue weighted by molar-refractivity contribution is 1.38. The van der Waals surface area contributed by atoms with E-state index >= 15 is 0 Å². The number of benzene rings is 3. The molecule has 0 bridgehead atoms. The van der Waals surface area contributed by atoms with Crippen molar-refractivity contribution in [3.8, 4) is 10.4 Å². The zero-order valence-electron chi connectivity index (χ0n) is 12.5. The van der Waals surface area contributed by atoms with E-state index in [1.165, 1.54) is 31.0 Å². The molecule has 0 amide bonds. The van der Waals surface area contributed by atoms with Crippen LogP contribution in [0.25, 0.3) is 20.5 Å². The first-order chi connectivity index (χ1) is 11.4. The number of hydrogen-bond acceptors (Lipinski definition) is 2. The highest BCUT2D eigenvalue weighted by Gasteiger charge is 2.09. The molecule has 0 aliphatic carbocycles. The largest absolute Gasteiger partial charge is 0.135 e. The fourth-order valence-electron chi connectivity index (χ4n) is 2.58. The van der Waals surface area contributed by atoms with E-state index in [9.17, 15) is 0 Å². The summed E-state index contributed by atoms with van der Waals surface area (Å²) in [6, 6.07) is 31.2. The smallest absolute Gasteiger partial charge is 0.0366 e. The molecule has 0 saturated heterocycles. The van der Waals surface area contributed by atoms with Crippen molar-refractivity contribution in [2.24, 2.45) is 0 Å². The molecule has 1 heterocycles. The van der Waals surface area contributed by atoms with E-state index in [0.717, 1.165) is 5.75 Å². The van der Waals surface area contributed by atoms with Gasteiger partial charge in [-0.2, -0.15) is 0 Å². The van der Waals surface area contributed by atoms with Crippen molar-refractivity contribution >= 4 is 33.2 Å². The first kappa shape index (κ1) is 14.6. The second-order valence-electron chi connectivity index (χ2n) is 5.34. The predicted octanol–water partition coefficient (Wildman–Crippen LogP) is 6.66. The molecular formula is C21H15S2. The molecule has 2 heteroatoms. The molecule has 0 unspecified atom stereocenters. The minimum Gasteiger partial charge on any atom is -0.135 e. The van der Waals surface area contributed by atoms with E-state index in [1.807, 2.05) is 29.2 Å². The second-order valence-corrected chi connectivity index (χ2v) is 7.41. The molecule has 1 radical (unpaired) electrons. The van der Waals surface area contributed by atoms with Gasteiger partial charge in [-0.1, -0.05) is 66.7 Å². The zero-order chi connectivity index (χ0) is 15.5. The van der Waals surface area contributed by atoms with Crippen LogP contribution in [0.15, 0.2) is 83.8 Å². The molecular weight excluding hydrogens is 316 g/mol. The van der Waals surface area contributed by atoms with E-state index in [1.54, 1.807) is 0 Å². The Hall–Kier alpha value is -2.03. The minimum absolute atomic E-state index is 0.971. The molecule has 0 aliphatic heterocycles. The van der Waals surface area contributed by atoms with Gasteiger partial charge in [0, 0.05) is 25.8 Å². The van der Waals surface area contributed by atoms with Crippen molar-refractivity contribution < 1.29 is 0 Å². The topological polar surface area (TPSA) is 0 Å². The third-order valence-corrected chi connectivity index (χ3v) is 5.99. The Morgan fingerprint density at radius 2 is 1.70 bits per heavy atom. The molecule has 0 atom stereocenters. The summed E-state index contributed by atoms with van der Waals surface area (Å²) in [4.78, 5) is 2.54. The van der Waals surface area contributed by atoms with Gasteiger partial charge in [0.2, 0.25) is 0 Å². The van der Waals surface area contributed by atoms with Crippen LogP contribution in [0.3, 0.4) is 0 Å². The second kappa shape index (κ2) is 6.61. The minimum atomic E-state index is 0.971. The van der Waals surface area contributed by atoms with E-state index in [-0.39, 0.29) is 0 Å². The van der Waals surface area contributed by atoms with Gasteiger partial charge in [-0.05, 0) is 29.1 Å². The fourth-order valence-corrected chi connectivity index (χ4v) is 4.73. The van der Waals surface area contributed by atoms with Gasteiger partial charge in [0.1, 0.15) is 0 Å². The summed E-state index contributed by atoms with van der Waals surface area (Å²) >= 11 is 3.71. The molecule has 4 rings (SSSR count). The lowest BCUT2D eigenvalue weighted by Crippen LogP contribution is -1.82. The van der Waals surface area contributed by atoms with E-state index < -0.39 is 0 Å². The Morgan fingerprint density at radius 1 is 0.870 bits per heavy atom. The van der Waals surface area contributed by atoms with Crippen molar-refractivity contribution in [1.82, 2.24) is 0 Å². The highest BCUT2D eigenvalue weighted by molar-refractivity contribution is 7.98. The summed E-state index contributed by atoms with van der Waals surface area (Å²) < 4.78 is 1.34. The average Bonchev–Trinajstić information content (AvgIpc) is 3.05. The van der Waals surface area contributed by atoms with E-state index in [4.69, 9.17) is 0 Å². The Balaban J connectivity index is 1.66. The standard InChI is InChI=1S/C21H15S2/c1-2-8-16(9-3-1)15-22-20-13-7-5-11-18(20)21-14-17-10-4-6-12-19(17)23-21/h1-12,14H,15H2. The lowest BCUT2D eigenvalue weighted by Gasteiger charge is -2.07. The first-order valence-corrected chi connectivity index (χ1v) is 9.37. The van der Waals surface area contributed by atoms with Gasteiger partial charge in [0.05, 0.1) is 0 Å². The van der Waals surface area contributed by atoms with Crippen molar-refractivity contribution in [3.63, 3.8) is 0 Å². The van der Waals surface area contributed by atoms with Crippen LogP contribution in [-0.2, 0) is 5.75 Å². The summed E-state index contributed by atoms with van der Waals surface area (Å²) in [5.74, 6) is 0.971. The Kier molecular flexibility index (Phi) is 4.18. The van der Waals surface area contributed by atoms with E-state index in [2.05, 4.69) is 78.9 Å². The molecule has 23 heavy (non-hydrogen) atoms. The molecule has 4 aromatic rings. The maximum absolute atomic E-state index is 3.42. The monoisotopic (exact) mass is 331 g/mol. The van der Waals surface area contributed by atoms with Gasteiger partial charge in [0.15, 0.2) is 0 Å². The Bertz CT molecular complexity index is 890. The molecule has 0 N–H and O–H groups in total. The van der Waals surface area contributed by atoms with Crippen molar-refractivity contribution in [2.45, 2.75) is 10.6 Å². The maximum Gasteiger partial charge on any atom is 0.0366 e. The summed E-state index contributed by atoms with van der Waals surface area (Å²) in [6.07, 6.45) is 0. The lowest BCUT2D eigenvalue weighted by atomic mass is 10.1. The van der Waals surface area contributed by atoms with Gasteiger partial charge in [-0.3, -0.25) is 0 Å². The fraction of sp³-hybridized carbons (Fsp3) is 0.0476. The third-order valence-electron chi connectivity index (χ3n) is 3.74. The van der Waals surface area contributed by atoms with Crippen LogP contribution in [-0.4, -0.2) is 0 Å². The van der Waals surface area contributed by atoms with Crippen molar-refractivity contribution in [2.75, 3.05) is 0 Å². The number of rotatable bonds is 4. The normalized spacial score (nSPS) is 11.0. The highest BCUT2D eigenvalue weighted by Crippen LogP contribution is 2.39. The quantitative estimate of drug-likeness (QED) is 0.377. The maximum atomic E-state index is 3.42. The van der Waals surface area contributed by atoms with Gasteiger partial charge < -0.3 is 0 Å². The van der Waals surface area contributed by atoms with Crippen LogP contribution >= 0.6 is 23.1 Å². The van der Waals surface area contributed by atoms with Crippen LogP contribution in [0.5, 0.6) is 0 Å². The van der Waals surface area contributed by atoms with Gasteiger partial charge in [0.25, 0.3) is 0 Å². The van der Waals surface area contributed by atoms with E-state index in [0.29, 0.717) is 0 Å². The van der Waals surface area contributed by atoms with Crippen molar-refractivity contribution in [1.29, 1.82) is 0 Å². The summed E-state index contributed by atoms with van der Waals surface area (Å²) in [5, 5.41) is 1.32. The van der Waals surface area contributed by atoms with Crippen LogP contribution in [0, 0.1) is 6.07 Å². The van der Waals surface area contributed by atoms with Crippen LogP contribution in [0.2, 0.25) is 0 Å². The molecule has 0 fully saturated rings. The molecule has 0 spiro atoms. The summed E-state index contributed by atoms with van der Waals surface area (Å²) in [5.41, 5.74) is 2.63. The van der Waals surface area contributed by atoms with Gasteiger partial charge in [-0.15, -0.1) is 23.1 Å². The number of thioether (sulfide) groups is 1. The highest BCUT2D eigenvalue weighted by atomic mass is 32.2. The predicted molar refractivity (Wildman–Crippen MR) is 102 cm³/mol. The molecule has 1 aromatic heterocycles. The zero-order valence-corrected chi connectivity index (χ0v) is 14.2. The molecule has 0 aliphatic rings. The number of fused-ring (bicyclic) bond motifs is 1. The van der Waals surface area contributed by atoms with Crippen molar-refractivity contribution in [3.05, 3.63) is 90.5 Å². The molecule has 3 aromatic carbocycles. The Morgan fingerprint density at radius 3 is 2.57 bits per heavy atom. The van der Waals surface area contributed by atoms with Crippen LogP contribution < -0.4 is 0 Å². The Labute approximate surface area is 144 Å². The summed E-state index contributed by atoms with van der Waals surface area (Å²) in [6.45, 7) is 0. The SMILES string of the molecule is [c]1cccc(-c2cc3ccccc3s2)c1SCc1ccccc1. The summed E-state index contributed by atoms with van der Waals surface area (Å²) in [7, 11) is 0. The van der Waals surface area contributed by atoms with Crippen LogP contribution in [0.1, 0.15) is 5.56 Å². The average molecular weight is 331 g/mol.